The van der Waals surface area contributed by atoms with Gasteiger partial charge in [-0.25, -0.2) is 14.4 Å². The van der Waals surface area contributed by atoms with Gasteiger partial charge in [0.2, 0.25) is 5.95 Å². The molecule has 0 aliphatic carbocycles. The minimum absolute atomic E-state index is 0.0636. The second kappa shape index (κ2) is 6.74. The summed E-state index contributed by atoms with van der Waals surface area (Å²) in [6.07, 6.45) is 4.67. The fourth-order valence-corrected chi connectivity index (χ4v) is 2.83. The van der Waals surface area contributed by atoms with E-state index in [9.17, 15) is 14.0 Å². The van der Waals surface area contributed by atoms with Gasteiger partial charge in [0, 0.05) is 38.1 Å². The van der Waals surface area contributed by atoms with Crippen LogP contribution in [0.5, 0.6) is 0 Å². The van der Waals surface area contributed by atoms with Crippen molar-refractivity contribution in [3.05, 3.63) is 53.6 Å². The number of rotatable bonds is 4. The summed E-state index contributed by atoms with van der Waals surface area (Å²) in [5.41, 5.74) is 0.212. The fourth-order valence-electron chi connectivity index (χ4n) is 2.83. The first-order valence-electron chi connectivity index (χ1n) is 7.64. The number of nitrogens with zero attached hydrogens (tertiary/aromatic N) is 4. The van der Waals surface area contributed by atoms with Crippen molar-refractivity contribution in [2.24, 2.45) is 0 Å². The molecule has 0 unspecified atom stereocenters. The molecule has 1 aromatic heterocycles. The highest BCUT2D eigenvalue weighted by molar-refractivity contribution is 5.96. The number of benzene rings is 1. The van der Waals surface area contributed by atoms with Gasteiger partial charge in [0.1, 0.15) is 12.1 Å². The number of amides is 1. The quantitative estimate of drug-likeness (QED) is 0.801. The molecule has 0 spiro atoms. The van der Waals surface area contributed by atoms with E-state index in [1.54, 1.807) is 23.4 Å². The van der Waals surface area contributed by atoms with Crippen molar-refractivity contribution >= 4 is 18.1 Å². The number of aromatic nitrogens is 2. The number of likely N-dealkylation sites (N-methyl/N-ethyl adjacent to an activating group) is 1. The van der Waals surface area contributed by atoms with E-state index in [4.69, 9.17) is 0 Å². The maximum atomic E-state index is 13.9. The van der Waals surface area contributed by atoms with E-state index in [2.05, 4.69) is 9.97 Å². The molecule has 24 heavy (non-hydrogen) atoms. The van der Waals surface area contributed by atoms with Crippen molar-refractivity contribution in [3.8, 4) is 0 Å². The Hall–Kier alpha value is -2.83. The molecule has 1 saturated heterocycles. The zero-order valence-electron chi connectivity index (χ0n) is 13.2. The van der Waals surface area contributed by atoms with Gasteiger partial charge < -0.3 is 9.80 Å². The van der Waals surface area contributed by atoms with Gasteiger partial charge >= 0.3 is 0 Å². The van der Waals surface area contributed by atoms with Crippen LogP contribution in [-0.4, -0.2) is 53.2 Å². The smallest absolute Gasteiger partial charge is 0.256 e. The Morgan fingerprint density at radius 2 is 2.12 bits per heavy atom. The third kappa shape index (κ3) is 3.10. The molecule has 3 rings (SSSR count). The van der Waals surface area contributed by atoms with Crippen LogP contribution in [0.2, 0.25) is 0 Å². The summed E-state index contributed by atoms with van der Waals surface area (Å²) in [5.74, 6) is -0.430. The SMILES string of the molecule is CN(c1ncccn1)[C@@H]1CCN(C(=O)c2cc(C=O)ccc2F)C1. The number of carbonyl (C=O) groups excluding carboxylic acids is 2. The second-order valence-corrected chi connectivity index (χ2v) is 5.71. The van der Waals surface area contributed by atoms with E-state index < -0.39 is 11.7 Å². The van der Waals surface area contributed by atoms with Gasteiger partial charge in [0.05, 0.1) is 11.6 Å². The molecule has 0 bridgehead atoms. The van der Waals surface area contributed by atoms with Gasteiger partial charge in [-0.15, -0.1) is 0 Å². The van der Waals surface area contributed by atoms with E-state index >= 15 is 0 Å². The monoisotopic (exact) mass is 328 g/mol. The molecule has 1 aromatic carbocycles. The number of carbonyl (C=O) groups is 2. The molecular formula is C17H17FN4O2. The van der Waals surface area contributed by atoms with Gasteiger partial charge in [0.25, 0.3) is 5.91 Å². The molecule has 1 amide bonds. The molecule has 124 valence electrons. The molecule has 1 aliphatic heterocycles. The minimum Gasteiger partial charge on any atom is -0.339 e. The van der Waals surface area contributed by atoms with Gasteiger partial charge in [-0.3, -0.25) is 9.59 Å². The average molecular weight is 328 g/mol. The lowest BCUT2D eigenvalue weighted by atomic mass is 10.1. The Morgan fingerprint density at radius 1 is 1.38 bits per heavy atom. The number of hydrogen-bond donors (Lipinski definition) is 0. The first kappa shape index (κ1) is 16.0. The van der Waals surface area contributed by atoms with Crippen molar-refractivity contribution in [2.45, 2.75) is 12.5 Å². The summed E-state index contributed by atoms with van der Waals surface area (Å²) in [6, 6.07) is 5.60. The molecule has 6 nitrogen and oxygen atoms in total. The number of anilines is 1. The van der Waals surface area contributed by atoms with E-state index in [0.717, 1.165) is 12.5 Å². The summed E-state index contributed by atoms with van der Waals surface area (Å²) in [7, 11) is 1.88. The van der Waals surface area contributed by atoms with E-state index in [0.29, 0.717) is 25.3 Å². The molecule has 2 aromatic rings. The van der Waals surface area contributed by atoms with Gasteiger partial charge in [-0.05, 0) is 30.7 Å². The van der Waals surface area contributed by atoms with Crippen LogP contribution in [0.15, 0.2) is 36.7 Å². The van der Waals surface area contributed by atoms with Crippen molar-refractivity contribution in [1.29, 1.82) is 0 Å². The zero-order valence-corrected chi connectivity index (χ0v) is 13.2. The fraction of sp³-hybridized carbons (Fsp3) is 0.294. The van der Waals surface area contributed by atoms with Gasteiger partial charge in [-0.1, -0.05) is 0 Å². The molecular weight excluding hydrogens is 311 g/mol. The predicted molar refractivity (Wildman–Crippen MR) is 86.5 cm³/mol. The largest absolute Gasteiger partial charge is 0.339 e. The average Bonchev–Trinajstić information content (AvgIpc) is 3.12. The van der Waals surface area contributed by atoms with E-state index in [1.807, 2.05) is 11.9 Å². The number of hydrogen-bond acceptors (Lipinski definition) is 5. The standard InChI is InChI=1S/C17H17FN4O2/c1-21(17-19-6-2-7-20-17)13-5-8-22(10-13)16(24)14-9-12(11-23)3-4-15(14)18/h2-4,6-7,9,11,13H,5,8,10H2,1H3/t13-/m1/s1. The highest BCUT2D eigenvalue weighted by Gasteiger charge is 2.31. The third-order valence-electron chi connectivity index (χ3n) is 4.22. The highest BCUT2D eigenvalue weighted by atomic mass is 19.1. The van der Waals surface area contributed by atoms with Crippen molar-refractivity contribution in [1.82, 2.24) is 14.9 Å². The molecule has 1 fully saturated rings. The van der Waals surface area contributed by atoms with Crippen LogP contribution in [-0.2, 0) is 0 Å². The first-order chi connectivity index (χ1) is 11.6. The molecule has 0 N–H and O–H groups in total. The van der Waals surface area contributed by atoms with Crippen LogP contribution in [0.1, 0.15) is 27.1 Å². The normalized spacial score (nSPS) is 16.9. The summed E-state index contributed by atoms with van der Waals surface area (Å²) >= 11 is 0. The van der Waals surface area contributed by atoms with Crippen LogP contribution in [0, 0.1) is 5.82 Å². The van der Waals surface area contributed by atoms with Crippen LogP contribution >= 0.6 is 0 Å². The molecule has 7 heteroatoms. The lowest BCUT2D eigenvalue weighted by Gasteiger charge is -2.24. The summed E-state index contributed by atoms with van der Waals surface area (Å²) in [4.78, 5) is 35.3. The second-order valence-electron chi connectivity index (χ2n) is 5.71. The van der Waals surface area contributed by atoms with Gasteiger partial charge in [-0.2, -0.15) is 0 Å². The van der Waals surface area contributed by atoms with Crippen LogP contribution < -0.4 is 4.90 Å². The third-order valence-corrected chi connectivity index (χ3v) is 4.22. The first-order valence-corrected chi connectivity index (χ1v) is 7.64. The van der Waals surface area contributed by atoms with Crippen molar-refractivity contribution < 1.29 is 14.0 Å². The van der Waals surface area contributed by atoms with Crippen LogP contribution in [0.25, 0.3) is 0 Å². The summed E-state index contributed by atoms with van der Waals surface area (Å²) in [5, 5.41) is 0. The predicted octanol–water partition coefficient (Wildman–Crippen LogP) is 1.78. The number of likely N-dealkylation sites (tertiary alicyclic amines) is 1. The lowest BCUT2D eigenvalue weighted by Crippen LogP contribution is -2.37. The highest BCUT2D eigenvalue weighted by Crippen LogP contribution is 2.21. The summed E-state index contributed by atoms with van der Waals surface area (Å²) < 4.78 is 13.9. The maximum absolute atomic E-state index is 13.9. The molecule has 0 saturated carbocycles. The van der Waals surface area contributed by atoms with Crippen LogP contribution in [0.3, 0.4) is 0 Å². The lowest BCUT2D eigenvalue weighted by molar-refractivity contribution is 0.0786. The Bertz CT molecular complexity index is 754. The zero-order chi connectivity index (χ0) is 17.1. The Balaban J connectivity index is 1.74. The number of halogens is 1. The number of aldehydes is 1. The van der Waals surface area contributed by atoms with Crippen molar-refractivity contribution in [2.75, 3.05) is 25.0 Å². The Morgan fingerprint density at radius 3 is 2.83 bits per heavy atom. The van der Waals surface area contributed by atoms with Crippen molar-refractivity contribution in [3.63, 3.8) is 0 Å². The topological polar surface area (TPSA) is 66.4 Å². The Kier molecular flexibility index (Phi) is 4.50. The van der Waals surface area contributed by atoms with E-state index in [1.165, 1.54) is 12.1 Å². The molecule has 2 heterocycles. The van der Waals surface area contributed by atoms with E-state index in [-0.39, 0.29) is 17.2 Å². The van der Waals surface area contributed by atoms with Gasteiger partial charge in [0.15, 0.2) is 0 Å². The summed E-state index contributed by atoms with van der Waals surface area (Å²) in [6.45, 7) is 0.976. The Labute approximate surface area is 138 Å². The maximum Gasteiger partial charge on any atom is 0.256 e. The minimum atomic E-state index is -0.617. The van der Waals surface area contributed by atoms with Crippen LogP contribution in [0.4, 0.5) is 10.3 Å². The molecule has 0 radical (unpaired) electrons. The molecule has 1 aliphatic rings. The molecule has 1 atom stereocenters.